The van der Waals surface area contributed by atoms with Gasteiger partial charge in [0.15, 0.2) is 5.72 Å². The molecule has 0 aromatic carbocycles. The van der Waals surface area contributed by atoms with E-state index in [1.165, 1.54) is 4.90 Å². The van der Waals surface area contributed by atoms with E-state index in [4.69, 9.17) is 9.47 Å². The van der Waals surface area contributed by atoms with Crippen LogP contribution in [0.2, 0.25) is 0 Å². The van der Waals surface area contributed by atoms with Crippen molar-refractivity contribution >= 4 is 18.0 Å². The van der Waals surface area contributed by atoms with Gasteiger partial charge in [0.25, 0.3) is 0 Å². The van der Waals surface area contributed by atoms with Crippen molar-refractivity contribution in [1.29, 1.82) is 0 Å². The van der Waals surface area contributed by atoms with E-state index in [1.807, 2.05) is 6.92 Å². The van der Waals surface area contributed by atoms with E-state index in [0.29, 0.717) is 45.4 Å². The van der Waals surface area contributed by atoms with E-state index in [9.17, 15) is 24.6 Å². The van der Waals surface area contributed by atoms with Crippen LogP contribution in [0, 0.1) is 5.41 Å². The minimum absolute atomic E-state index is 0.183. The molecule has 9 nitrogen and oxygen atoms in total. The van der Waals surface area contributed by atoms with Gasteiger partial charge in [-0.2, -0.15) is 0 Å². The van der Waals surface area contributed by atoms with Crippen LogP contribution in [0.3, 0.4) is 0 Å². The van der Waals surface area contributed by atoms with Crippen LogP contribution < -0.4 is 0 Å². The molecule has 0 aromatic heterocycles. The average molecular weight is 414 g/mol. The van der Waals surface area contributed by atoms with Crippen LogP contribution in [-0.2, 0) is 19.1 Å². The zero-order valence-electron chi connectivity index (χ0n) is 17.9. The van der Waals surface area contributed by atoms with Crippen molar-refractivity contribution in [2.45, 2.75) is 71.1 Å². The number of β-amino-alcohol motifs (C(OH)–C–C–N with tert-alkyl or cyclic N) is 1. The van der Waals surface area contributed by atoms with Crippen molar-refractivity contribution in [2.24, 2.45) is 5.41 Å². The Morgan fingerprint density at radius 1 is 1.17 bits per heavy atom. The molecule has 2 N–H and O–H groups in total. The van der Waals surface area contributed by atoms with Gasteiger partial charge in [-0.25, -0.2) is 4.79 Å². The number of carboxylic acids is 1. The number of carbonyl (C=O) groups is 3. The summed E-state index contributed by atoms with van der Waals surface area (Å²) in [5.74, 6) is -1.60. The number of aliphatic hydroxyl groups is 1. The Bertz CT molecular complexity index is 625. The molecule has 0 spiro atoms. The fourth-order valence-corrected chi connectivity index (χ4v) is 4.03. The Balaban J connectivity index is 2.28. The highest BCUT2D eigenvalue weighted by Gasteiger charge is 2.50. The van der Waals surface area contributed by atoms with E-state index >= 15 is 0 Å². The molecular formula is C20H34N2O7. The number of carbonyl (C=O) groups excluding carboxylic acids is 2. The zero-order chi connectivity index (χ0) is 21.9. The fraction of sp³-hybridized carbons (Fsp3) is 0.850. The fourth-order valence-electron chi connectivity index (χ4n) is 4.03. The summed E-state index contributed by atoms with van der Waals surface area (Å²) in [7, 11) is 0. The van der Waals surface area contributed by atoms with Crippen LogP contribution >= 0.6 is 0 Å². The predicted octanol–water partition coefficient (Wildman–Crippen LogP) is 1.83. The first-order valence-corrected chi connectivity index (χ1v) is 10.2. The van der Waals surface area contributed by atoms with E-state index < -0.39 is 35.3 Å². The molecule has 9 heteroatoms. The van der Waals surface area contributed by atoms with Gasteiger partial charge in [-0.05, 0) is 52.9 Å². The monoisotopic (exact) mass is 414 g/mol. The molecule has 0 aromatic rings. The van der Waals surface area contributed by atoms with Gasteiger partial charge in [0.2, 0.25) is 5.91 Å². The summed E-state index contributed by atoms with van der Waals surface area (Å²) in [5.41, 5.74) is -3.22. The van der Waals surface area contributed by atoms with Gasteiger partial charge in [-0.3, -0.25) is 9.59 Å². The zero-order valence-corrected chi connectivity index (χ0v) is 17.9. The molecule has 166 valence electrons. The number of ether oxygens (including phenoxy) is 2. The Morgan fingerprint density at radius 2 is 1.79 bits per heavy atom. The molecule has 2 aliphatic heterocycles. The molecule has 0 bridgehead atoms. The lowest BCUT2D eigenvalue weighted by molar-refractivity contribution is -0.190. The summed E-state index contributed by atoms with van der Waals surface area (Å²) >= 11 is 0. The van der Waals surface area contributed by atoms with E-state index in [2.05, 4.69) is 0 Å². The number of piperidine rings is 1. The number of rotatable bonds is 5. The lowest BCUT2D eigenvalue weighted by atomic mass is 9.76. The van der Waals surface area contributed by atoms with Gasteiger partial charge in [0, 0.05) is 19.8 Å². The molecule has 1 atom stereocenters. The van der Waals surface area contributed by atoms with Gasteiger partial charge in [0.05, 0.1) is 12.0 Å². The van der Waals surface area contributed by atoms with Gasteiger partial charge in [0.1, 0.15) is 12.1 Å². The van der Waals surface area contributed by atoms with Crippen molar-refractivity contribution in [1.82, 2.24) is 9.80 Å². The second-order valence-corrected chi connectivity index (χ2v) is 9.02. The Hall–Kier alpha value is -1.87. The maximum atomic E-state index is 13.5. The quantitative estimate of drug-likeness (QED) is 0.659. The third kappa shape index (κ3) is 5.60. The lowest BCUT2D eigenvalue weighted by Crippen LogP contribution is -2.65. The molecule has 2 saturated heterocycles. The molecule has 2 amide bonds. The smallest absolute Gasteiger partial charge is 0.410 e. The Morgan fingerprint density at radius 3 is 2.31 bits per heavy atom. The highest BCUT2D eigenvalue weighted by molar-refractivity contribution is 5.87. The van der Waals surface area contributed by atoms with Crippen molar-refractivity contribution in [3.8, 4) is 0 Å². The average Bonchev–Trinajstić information content (AvgIpc) is 2.64. The molecule has 0 aliphatic carbocycles. The van der Waals surface area contributed by atoms with E-state index in [1.54, 1.807) is 20.8 Å². The number of amides is 2. The molecule has 2 aliphatic rings. The first kappa shape index (κ1) is 23.4. The molecule has 0 unspecified atom stereocenters. The number of likely N-dealkylation sites (tertiary alicyclic amines) is 1. The van der Waals surface area contributed by atoms with Gasteiger partial charge >= 0.3 is 12.1 Å². The number of nitrogens with zero attached hydrogens (tertiary/aromatic N) is 2. The maximum Gasteiger partial charge on any atom is 0.410 e. The van der Waals surface area contributed by atoms with Crippen LogP contribution in [0.5, 0.6) is 0 Å². The summed E-state index contributed by atoms with van der Waals surface area (Å²) in [4.78, 5) is 39.9. The van der Waals surface area contributed by atoms with Gasteiger partial charge in [-0.15, -0.1) is 0 Å². The first-order valence-electron chi connectivity index (χ1n) is 10.2. The lowest BCUT2D eigenvalue weighted by Gasteiger charge is -2.48. The second-order valence-electron chi connectivity index (χ2n) is 9.02. The minimum Gasteiger partial charge on any atom is -0.480 e. The summed E-state index contributed by atoms with van der Waals surface area (Å²) in [5, 5.41) is 20.8. The topological polar surface area (TPSA) is 117 Å². The third-order valence-corrected chi connectivity index (χ3v) is 5.72. The molecule has 0 saturated carbocycles. The number of carboxylic acid groups (broad SMARTS) is 1. The minimum atomic E-state index is -1.76. The third-order valence-electron chi connectivity index (χ3n) is 5.72. The van der Waals surface area contributed by atoms with Gasteiger partial charge in [-0.1, -0.05) is 6.92 Å². The number of aliphatic carboxylic acids is 1. The molecule has 2 heterocycles. The van der Waals surface area contributed by atoms with Crippen LogP contribution in [0.25, 0.3) is 0 Å². The van der Waals surface area contributed by atoms with Crippen LogP contribution in [0.15, 0.2) is 0 Å². The van der Waals surface area contributed by atoms with Crippen molar-refractivity contribution in [3.63, 3.8) is 0 Å². The second kappa shape index (κ2) is 8.87. The van der Waals surface area contributed by atoms with Crippen LogP contribution in [0.1, 0.15) is 59.8 Å². The van der Waals surface area contributed by atoms with Crippen molar-refractivity contribution < 1.29 is 34.1 Å². The summed E-state index contributed by atoms with van der Waals surface area (Å²) in [6.45, 7) is 7.54. The van der Waals surface area contributed by atoms with Crippen molar-refractivity contribution in [2.75, 3.05) is 32.8 Å². The molecule has 0 radical (unpaired) electrons. The highest BCUT2D eigenvalue weighted by Crippen LogP contribution is 2.39. The van der Waals surface area contributed by atoms with E-state index in [-0.39, 0.29) is 18.9 Å². The normalized spacial score (nSPS) is 24.7. The largest absolute Gasteiger partial charge is 0.480 e. The van der Waals surface area contributed by atoms with Gasteiger partial charge < -0.3 is 29.5 Å². The van der Waals surface area contributed by atoms with E-state index in [0.717, 1.165) is 4.90 Å². The molecule has 29 heavy (non-hydrogen) atoms. The molecule has 2 rings (SSSR count). The summed E-state index contributed by atoms with van der Waals surface area (Å²) in [6.07, 6.45) is 1.52. The number of hydrogen-bond acceptors (Lipinski definition) is 6. The SMILES string of the molecule is CCC1(C(=O)N(CC(=O)O)[C@]2(O)CCCN(C(=O)OC(C)(C)C)C2)CCOCC1. The van der Waals surface area contributed by atoms with Crippen LogP contribution in [0.4, 0.5) is 4.79 Å². The van der Waals surface area contributed by atoms with Crippen LogP contribution in [-0.4, -0.2) is 82.2 Å². The number of hydrogen-bond donors (Lipinski definition) is 2. The highest BCUT2D eigenvalue weighted by atomic mass is 16.6. The maximum absolute atomic E-state index is 13.5. The molecular weight excluding hydrogens is 380 g/mol. The summed E-state index contributed by atoms with van der Waals surface area (Å²) < 4.78 is 10.8. The summed E-state index contributed by atoms with van der Waals surface area (Å²) in [6, 6.07) is 0. The first-order chi connectivity index (χ1) is 13.4. The van der Waals surface area contributed by atoms with Crippen molar-refractivity contribution in [3.05, 3.63) is 0 Å². The Kier molecular flexibility index (Phi) is 7.16. The predicted molar refractivity (Wildman–Crippen MR) is 104 cm³/mol. The standard InChI is InChI=1S/C20H34N2O7/c1-5-19(8-11-28-12-9-19)16(25)22(13-15(23)24)20(27)7-6-10-21(14-20)17(26)29-18(2,3)4/h27H,5-14H2,1-4H3,(H,23,24)/t20-/m0/s1. The molecule has 2 fully saturated rings. The Labute approximate surface area is 171 Å².